The fourth-order valence-electron chi connectivity index (χ4n) is 3.70. The van der Waals surface area contributed by atoms with Crippen LogP contribution in [0.4, 0.5) is 19.3 Å². The van der Waals surface area contributed by atoms with Crippen LogP contribution in [0.1, 0.15) is 22.7 Å². The predicted octanol–water partition coefficient (Wildman–Crippen LogP) is 5.15. The molecule has 1 N–H and O–H groups in total. The predicted molar refractivity (Wildman–Crippen MR) is 111 cm³/mol. The summed E-state index contributed by atoms with van der Waals surface area (Å²) in [6, 6.07) is 22.2. The summed E-state index contributed by atoms with van der Waals surface area (Å²) < 4.78 is 32.5. The van der Waals surface area contributed by atoms with Crippen LogP contribution < -0.4 is 10.2 Å². The van der Waals surface area contributed by atoms with Gasteiger partial charge in [-0.25, -0.2) is 13.6 Å². The van der Waals surface area contributed by atoms with Crippen LogP contribution in [0.25, 0.3) is 0 Å². The van der Waals surface area contributed by atoms with Crippen molar-refractivity contribution in [3.63, 3.8) is 0 Å². The summed E-state index contributed by atoms with van der Waals surface area (Å²) in [5.74, 6) is -0.379. The summed E-state index contributed by atoms with van der Waals surface area (Å²) in [6.45, 7) is 0.445. The summed E-state index contributed by atoms with van der Waals surface area (Å²) in [6.07, 6.45) is -1.02. The third kappa shape index (κ3) is 4.33. The molecule has 3 aromatic carbocycles. The first kappa shape index (κ1) is 20.0. The molecule has 0 spiro atoms. The van der Waals surface area contributed by atoms with Crippen LogP contribution in [0.5, 0.6) is 0 Å². The van der Waals surface area contributed by atoms with E-state index >= 15 is 0 Å². The summed E-state index contributed by atoms with van der Waals surface area (Å²) >= 11 is 0. The lowest BCUT2D eigenvalue weighted by molar-refractivity contribution is 0.130. The van der Waals surface area contributed by atoms with Gasteiger partial charge in [-0.05, 0) is 41.0 Å². The smallest absolute Gasteiger partial charge is 0.415 e. The molecule has 4 rings (SSSR count). The maximum Gasteiger partial charge on any atom is 0.415 e. The minimum atomic E-state index is -0.579. The molecular formula is C24H22F2N2O2. The van der Waals surface area contributed by atoms with Gasteiger partial charge in [0.05, 0.1) is 0 Å². The molecule has 0 saturated carbocycles. The van der Waals surface area contributed by atoms with E-state index in [4.69, 9.17) is 4.74 Å². The Hall–Kier alpha value is -3.25. The Bertz CT molecular complexity index is 996. The van der Waals surface area contributed by atoms with Crippen molar-refractivity contribution in [3.8, 4) is 0 Å². The molecule has 2 atom stereocenters. The Kier molecular flexibility index (Phi) is 6.05. The van der Waals surface area contributed by atoms with Gasteiger partial charge in [0, 0.05) is 18.8 Å². The molecule has 0 aliphatic carbocycles. The number of carbonyl (C=O) groups is 1. The number of nitrogens with zero attached hydrogens (tertiary/aromatic N) is 1. The summed E-state index contributed by atoms with van der Waals surface area (Å²) in [4.78, 5) is 14.3. The Labute approximate surface area is 174 Å². The van der Waals surface area contributed by atoms with E-state index in [0.29, 0.717) is 29.9 Å². The quantitative estimate of drug-likeness (QED) is 0.588. The molecule has 1 fully saturated rings. The minimum Gasteiger partial charge on any atom is -0.442 e. The molecule has 0 bridgehead atoms. The number of halogens is 2. The van der Waals surface area contributed by atoms with E-state index in [-0.39, 0.29) is 5.82 Å². The van der Waals surface area contributed by atoms with Crippen LogP contribution in [0.15, 0.2) is 78.9 Å². The van der Waals surface area contributed by atoms with E-state index in [1.807, 2.05) is 30.3 Å². The lowest BCUT2D eigenvalue weighted by Gasteiger charge is -2.25. The fraction of sp³-hybridized carbons (Fsp3) is 0.208. The van der Waals surface area contributed by atoms with Crippen molar-refractivity contribution < 1.29 is 18.3 Å². The van der Waals surface area contributed by atoms with Crippen LogP contribution in [0, 0.1) is 5.82 Å². The number of alkyl halides is 1. The highest BCUT2D eigenvalue weighted by molar-refractivity contribution is 5.91. The first-order valence-electron chi connectivity index (χ1n) is 9.80. The standard InChI is InChI=1S/C24H22F2N2O2/c25-14-17-9-11-21(12-10-17)28-23(19-7-4-8-20(26)13-19)22(30-24(28)29)16-27-15-18-5-2-1-3-6-18/h1-13,22-23,27H,14-16H2/t22-,23-/m0/s1. The summed E-state index contributed by atoms with van der Waals surface area (Å²) in [5, 5.41) is 3.32. The fourth-order valence-corrected chi connectivity index (χ4v) is 3.70. The average Bonchev–Trinajstić information content (AvgIpc) is 3.10. The second-order valence-corrected chi connectivity index (χ2v) is 7.21. The van der Waals surface area contributed by atoms with Gasteiger partial charge in [-0.2, -0.15) is 0 Å². The molecule has 30 heavy (non-hydrogen) atoms. The van der Waals surface area contributed by atoms with Gasteiger partial charge in [-0.3, -0.25) is 4.90 Å². The highest BCUT2D eigenvalue weighted by Crippen LogP contribution is 2.37. The van der Waals surface area contributed by atoms with Gasteiger partial charge in [-0.15, -0.1) is 0 Å². The second kappa shape index (κ2) is 9.05. The molecule has 1 saturated heterocycles. The van der Waals surface area contributed by atoms with Gasteiger partial charge in [0.25, 0.3) is 0 Å². The Morgan fingerprint density at radius 2 is 1.70 bits per heavy atom. The zero-order valence-electron chi connectivity index (χ0n) is 16.3. The van der Waals surface area contributed by atoms with E-state index < -0.39 is 24.9 Å². The van der Waals surface area contributed by atoms with Crippen molar-refractivity contribution in [1.82, 2.24) is 5.32 Å². The van der Waals surface area contributed by atoms with Crippen molar-refractivity contribution in [2.45, 2.75) is 25.4 Å². The molecule has 0 radical (unpaired) electrons. The number of anilines is 1. The lowest BCUT2D eigenvalue weighted by Crippen LogP contribution is -2.34. The first-order chi connectivity index (χ1) is 14.7. The zero-order chi connectivity index (χ0) is 20.9. The Morgan fingerprint density at radius 3 is 2.40 bits per heavy atom. The SMILES string of the molecule is O=C1O[C@@H](CNCc2ccccc2)[C@H](c2cccc(F)c2)N1c1ccc(CF)cc1. The molecule has 1 amide bonds. The van der Waals surface area contributed by atoms with Crippen LogP contribution >= 0.6 is 0 Å². The van der Waals surface area contributed by atoms with Gasteiger partial charge in [0.15, 0.2) is 0 Å². The summed E-state index contributed by atoms with van der Waals surface area (Å²) in [5.41, 5.74) is 2.86. The summed E-state index contributed by atoms with van der Waals surface area (Å²) in [7, 11) is 0. The van der Waals surface area contributed by atoms with Crippen molar-refractivity contribution >= 4 is 11.8 Å². The van der Waals surface area contributed by atoms with Crippen molar-refractivity contribution in [2.75, 3.05) is 11.4 Å². The Balaban J connectivity index is 1.59. The largest absolute Gasteiger partial charge is 0.442 e. The Morgan fingerprint density at radius 1 is 0.933 bits per heavy atom. The van der Waals surface area contributed by atoms with E-state index in [1.54, 1.807) is 36.4 Å². The van der Waals surface area contributed by atoms with E-state index in [9.17, 15) is 13.6 Å². The monoisotopic (exact) mass is 408 g/mol. The molecule has 0 unspecified atom stereocenters. The molecular weight excluding hydrogens is 386 g/mol. The normalized spacial score (nSPS) is 18.5. The maximum atomic E-state index is 13.9. The number of hydrogen-bond acceptors (Lipinski definition) is 3. The first-order valence-corrected chi connectivity index (χ1v) is 9.80. The van der Waals surface area contributed by atoms with E-state index in [0.717, 1.165) is 5.56 Å². The zero-order valence-corrected chi connectivity index (χ0v) is 16.3. The highest BCUT2D eigenvalue weighted by Gasteiger charge is 2.43. The number of ether oxygens (including phenoxy) is 1. The van der Waals surface area contributed by atoms with Crippen molar-refractivity contribution in [3.05, 3.63) is 101 Å². The third-order valence-corrected chi connectivity index (χ3v) is 5.16. The molecule has 0 aromatic heterocycles. The second-order valence-electron chi connectivity index (χ2n) is 7.21. The van der Waals surface area contributed by atoms with Gasteiger partial charge in [0.1, 0.15) is 24.6 Å². The number of nitrogens with one attached hydrogen (secondary N) is 1. The van der Waals surface area contributed by atoms with Gasteiger partial charge < -0.3 is 10.1 Å². The lowest BCUT2D eigenvalue weighted by atomic mass is 9.99. The molecule has 6 heteroatoms. The number of cyclic esters (lactones) is 1. The minimum absolute atomic E-state index is 0.379. The van der Waals surface area contributed by atoms with Gasteiger partial charge in [0.2, 0.25) is 0 Å². The number of rotatable bonds is 7. The molecule has 1 aliphatic heterocycles. The maximum absolute atomic E-state index is 13.9. The molecule has 1 aliphatic rings. The number of benzene rings is 3. The van der Waals surface area contributed by atoms with Gasteiger partial charge >= 0.3 is 6.09 Å². The van der Waals surface area contributed by atoms with Crippen molar-refractivity contribution in [1.29, 1.82) is 0 Å². The van der Waals surface area contributed by atoms with Gasteiger partial charge in [-0.1, -0.05) is 54.6 Å². The van der Waals surface area contributed by atoms with Crippen LogP contribution in [0.3, 0.4) is 0 Å². The van der Waals surface area contributed by atoms with E-state index in [2.05, 4.69) is 5.32 Å². The highest BCUT2D eigenvalue weighted by atomic mass is 19.1. The molecule has 1 heterocycles. The van der Waals surface area contributed by atoms with Crippen LogP contribution in [-0.4, -0.2) is 18.7 Å². The van der Waals surface area contributed by atoms with Crippen molar-refractivity contribution in [2.24, 2.45) is 0 Å². The molecule has 154 valence electrons. The van der Waals surface area contributed by atoms with E-state index in [1.165, 1.54) is 17.0 Å². The number of hydrogen-bond donors (Lipinski definition) is 1. The van der Waals surface area contributed by atoms with Crippen LogP contribution in [0.2, 0.25) is 0 Å². The average molecular weight is 408 g/mol. The third-order valence-electron chi connectivity index (χ3n) is 5.16. The molecule has 3 aromatic rings. The topological polar surface area (TPSA) is 41.6 Å². The molecule has 4 nitrogen and oxygen atoms in total. The number of carbonyl (C=O) groups excluding carboxylic acids is 1. The van der Waals surface area contributed by atoms with Crippen LogP contribution in [-0.2, 0) is 18.0 Å². The number of amides is 1.